The molecular formula is C16H15N3O. The molecule has 1 unspecified atom stereocenters. The Morgan fingerprint density at radius 3 is 2.80 bits per heavy atom. The van der Waals surface area contributed by atoms with Gasteiger partial charge in [-0.2, -0.15) is 4.99 Å². The van der Waals surface area contributed by atoms with Gasteiger partial charge in [0.15, 0.2) is 0 Å². The van der Waals surface area contributed by atoms with Gasteiger partial charge in [-0.05, 0) is 16.3 Å². The van der Waals surface area contributed by atoms with E-state index in [2.05, 4.69) is 11.6 Å². The second-order valence-corrected chi connectivity index (χ2v) is 4.73. The number of benzene rings is 2. The van der Waals surface area contributed by atoms with Gasteiger partial charge >= 0.3 is 6.03 Å². The molecule has 1 heterocycles. The molecule has 100 valence electrons. The summed E-state index contributed by atoms with van der Waals surface area (Å²) in [5.74, 6) is 0.341. The Balaban J connectivity index is 2.16. The largest absolute Gasteiger partial charge is 0.385 e. The van der Waals surface area contributed by atoms with Crippen LogP contribution < -0.4 is 5.73 Å². The molecule has 4 nitrogen and oxygen atoms in total. The smallest absolute Gasteiger partial charge is 0.346 e. The van der Waals surface area contributed by atoms with Gasteiger partial charge in [-0.15, -0.1) is 6.58 Å². The molecule has 2 N–H and O–H groups in total. The van der Waals surface area contributed by atoms with E-state index in [1.807, 2.05) is 42.5 Å². The Morgan fingerprint density at radius 1 is 1.25 bits per heavy atom. The minimum atomic E-state index is -0.313. The Labute approximate surface area is 117 Å². The van der Waals surface area contributed by atoms with E-state index in [1.165, 1.54) is 0 Å². The van der Waals surface area contributed by atoms with Crippen molar-refractivity contribution in [1.82, 2.24) is 4.90 Å². The highest BCUT2D eigenvalue weighted by Crippen LogP contribution is 2.31. The van der Waals surface area contributed by atoms with Crippen molar-refractivity contribution in [2.24, 2.45) is 10.7 Å². The summed E-state index contributed by atoms with van der Waals surface area (Å²) in [4.78, 5) is 17.4. The Hall–Kier alpha value is -2.62. The second kappa shape index (κ2) is 4.81. The van der Waals surface area contributed by atoms with Gasteiger partial charge in [0, 0.05) is 6.54 Å². The summed E-state index contributed by atoms with van der Waals surface area (Å²) < 4.78 is 0. The molecule has 2 aromatic carbocycles. The van der Waals surface area contributed by atoms with Crippen LogP contribution in [-0.2, 0) is 0 Å². The zero-order valence-electron chi connectivity index (χ0n) is 11.0. The third kappa shape index (κ3) is 1.86. The van der Waals surface area contributed by atoms with Crippen molar-refractivity contribution >= 4 is 22.6 Å². The summed E-state index contributed by atoms with van der Waals surface area (Å²) >= 11 is 0. The summed E-state index contributed by atoms with van der Waals surface area (Å²) in [6.07, 6.45) is 1.68. The molecule has 2 aromatic rings. The van der Waals surface area contributed by atoms with Gasteiger partial charge < -0.3 is 10.6 Å². The molecule has 0 aromatic heterocycles. The molecular weight excluding hydrogens is 250 g/mol. The lowest BCUT2D eigenvalue weighted by molar-refractivity contribution is 0.213. The van der Waals surface area contributed by atoms with E-state index in [1.54, 1.807) is 11.0 Å². The van der Waals surface area contributed by atoms with Crippen molar-refractivity contribution in [2.45, 2.75) is 6.04 Å². The van der Waals surface area contributed by atoms with Gasteiger partial charge in [0.2, 0.25) is 0 Å². The number of fused-ring (bicyclic) bond motifs is 1. The number of carbonyl (C=O) groups excluding carboxylic acids is 1. The SMILES string of the molecule is C=CCN1C(=O)N=C(N)C1c1cccc2ccccc12. The van der Waals surface area contributed by atoms with Gasteiger partial charge in [-0.3, -0.25) is 0 Å². The van der Waals surface area contributed by atoms with E-state index in [0.717, 1.165) is 16.3 Å². The summed E-state index contributed by atoms with van der Waals surface area (Å²) in [5, 5.41) is 2.21. The molecule has 0 bridgehead atoms. The topological polar surface area (TPSA) is 58.7 Å². The molecule has 3 rings (SSSR count). The number of carbonyl (C=O) groups is 1. The van der Waals surface area contributed by atoms with Crippen LogP contribution in [0.4, 0.5) is 4.79 Å². The molecule has 1 aliphatic heterocycles. The molecule has 0 radical (unpaired) electrons. The number of rotatable bonds is 3. The number of aliphatic imine (C=N–C) groups is 1. The first kappa shape index (κ1) is 12.4. The highest BCUT2D eigenvalue weighted by Gasteiger charge is 2.34. The number of nitrogens with zero attached hydrogens (tertiary/aromatic N) is 2. The normalized spacial score (nSPS) is 18.4. The van der Waals surface area contributed by atoms with E-state index in [0.29, 0.717) is 12.4 Å². The Bertz CT molecular complexity index is 715. The fourth-order valence-electron chi connectivity index (χ4n) is 2.64. The van der Waals surface area contributed by atoms with Crippen LogP contribution in [0, 0.1) is 0 Å². The van der Waals surface area contributed by atoms with Crippen molar-refractivity contribution < 1.29 is 4.79 Å². The zero-order chi connectivity index (χ0) is 14.1. The number of urea groups is 1. The fraction of sp³-hybridized carbons (Fsp3) is 0.125. The molecule has 0 fully saturated rings. The second-order valence-electron chi connectivity index (χ2n) is 4.73. The number of hydrogen-bond donors (Lipinski definition) is 1. The van der Waals surface area contributed by atoms with Crippen LogP contribution in [0.1, 0.15) is 11.6 Å². The predicted molar refractivity (Wildman–Crippen MR) is 80.6 cm³/mol. The lowest BCUT2D eigenvalue weighted by Crippen LogP contribution is -2.33. The maximum Gasteiger partial charge on any atom is 0.346 e. The van der Waals surface area contributed by atoms with Gasteiger partial charge in [-0.1, -0.05) is 48.5 Å². The average molecular weight is 265 g/mol. The molecule has 20 heavy (non-hydrogen) atoms. The third-order valence-electron chi connectivity index (χ3n) is 3.51. The van der Waals surface area contributed by atoms with Gasteiger partial charge in [0.25, 0.3) is 0 Å². The van der Waals surface area contributed by atoms with E-state index < -0.39 is 0 Å². The van der Waals surface area contributed by atoms with Crippen molar-refractivity contribution in [3.63, 3.8) is 0 Å². The monoisotopic (exact) mass is 265 g/mol. The quantitative estimate of drug-likeness (QED) is 0.867. The van der Waals surface area contributed by atoms with Crippen molar-refractivity contribution in [3.8, 4) is 0 Å². The summed E-state index contributed by atoms with van der Waals surface area (Å²) in [5.41, 5.74) is 6.96. The number of hydrogen-bond acceptors (Lipinski definition) is 2. The summed E-state index contributed by atoms with van der Waals surface area (Å²) in [6, 6.07) is 13.4. The summed E-state index contributed by atoms with van der Waals surface area (Å²) in [7, 11) is 0. The molecule has 2 amide bonds. The van der Waals surface area contributed by atoms with Crippen molar-refractivity contribution in [3.05, 3.63) is 60.7 Å². The molecule has 0 saturated carbocycles. The first-order valence-corrected chi connectivity index (χ1v) is 6.45. The summed E-state index contributed by atoms with van der Waals surface area (Å²) in [6.45, 7) is 4.12. The minimum Gasteiger partial charge on any atom is -0.385 e. The average Bonchev–Trinajstić information content (AvgIpc) is 2.73. The molecule has 0 saturated heterocycles. The van der Waals surface area contributed by atoms with Crippen molar-refractivity contribution in [1.29, 1.82) is 0 Å². The van der Waals surface area contributed by atoms with Crippen LogP contribution in [0.5, 0.6) is 0 Å². The number of amidine groups is 1. The van der Waals surface area contributed by atoms with E-state index in [9.17, 15) is 4.79 Å². The van der Waals surface area contributed by atoms with Crippen LogP contribution >= 0.6 is 0 Å². The Morgan fingerprint density at radius 2 is 2.00 bits per heavy atom. The lowest BCUT2D eigenvalue weighted by atomic mass is 9.97. The van der Waals surface area contributed by atoms with Crippen LogP contribution in [0.2, 0.25) is 0 Å². The molecule has 1 aliphatic rings. The minimum absolute atomic E-state index is 0.305. The third-order valence-corrected chi connectivity index (χ3v) is 3.51. The molecule has 0 spiro atoms. The van der Waals surface area contributed by atoms with E-state index >= 15 is 0 Å². The van der Waals surface area contributed by atoms with E-state index in [-0.39, 0.29) is 12.1 Å². The first-order chi connectivity index (χ1) is 9.72. The van der Waals surface area contributed by atoms with Gasteiger partial charge in [0.05, 0.1) is 0 Å². The highest BCUT2D eigenvalue weighted by atomic mass is 16.2. The molecule has 4 heteroatoms. The zero-order valence-corrected chi connectivity index (χ0v) is 11.0. The standard InChI is InChI=1S/C16H15N3O/c1-2-10-19-14(15(17)18-16(19)20)13-9-5-7-11-6-3-4-8-12(11)13/h2-9,14H,1,10H2,(H2,17,18,20). The van der Waals surface area contributed by atoms with Crippen LogP contribution in [0.15, 0.2) is 60.1 Å². The van der Waals surface area contributed by atoms with Crippen LogP contribution in [0.3, 0.4) is 0 Å². The van der Waals surface area contributed by atoms with Crippen LogP contribution in [-0.4, -0.2) is 23.3 Å². The van der Waals surface area contributed by atoms with Gasteiger partial charge in [-0.25, -0.2) is 4.79 Å². The maximum absolute atomic E-state index is 11.9. The highest BCUT2D eigenvalue weighted by molar-refractivity contribution is 6.05. The van der Waals surface area contributed by atoms with Gasteiger partial charge in [0.1, 0.15) is 11.9 Å². The first-order valence-electron chi connectivity index (χ1n) is 6.45. The maximum atomic E-state index is 11.9. The molecule has 0 aliphatic carbocycles. The lowest BCUT2D eigenvalue weighted by Gasteiger charge is -2.24. The number of nitrogens with two attached hydrogens (primary N) is 1. The predicted octanol–water partition coefficient (Wildman–Crippen LogP) is 2.86. The van der Waals surface area contributed by atoms with E-state index in [4.69, 9.17) is 5.73 Å². The van der Waals surface area contributed by atoms with Crippen LogP contribution in [0.25, 0.3) is 10.8 Å². The molecule has 1 atom stereocenters. The Kier molecular flexibility index (Phi) is 2.99. The fourth-order valence-corrected chi connectivity index (χ4v) is 2.64. The van der Waals surface area contributed by atoms with Crippen molar-refractivity contribution in [2.75, 3.05) is 6.54 Å². The number of amides is 2.